The summed E-state index contributed by atoms with van der Waals surface area (Å²) in [4.78, 5) is 7.94. The van der Waals surface area contributed by atoms with Crippen LogP contribution in [0.5, 0.6) is 0 Å². The second-order valence-electron chi connectivity index (χ2n) is 4.78. The van der Waals surface area contributed by atoms with Crippen molar-refractivity contribution in [1.82, 2.24) is 9.97 Å². The monoisotopic (exact) mass is 274 g/mol. The third-order valence-corrected chi connectivity index (χ3v) is 3.48. The van der Waals surface area contributed by atoms with Gasteiger partial charge in [0.15, 0.2) is 0 Å². The maximum absolute atomic E-state index is 12.7. The van der Waals surface area contributed by atoms with Crippen LogP contribution in [0.3, 0.4) is 0 Å². The summed E-state index contributed by atoms with van der Waals surface area (Å²) in [6, 6.07) is 7.45. The maximum Gasteiger partial charge on any atom is 0.219 e. The number of benzene rings is 1. The van der Waals surface area contributed by atoms with E-state index in [2.05, 4.69) is 9.97 Å². The molecule has 2 aromatic rings. The van der Waals surface area contributed by atoms with E-state index in [4.69, 9.17) is 11.5 Å². The molecule has 5 heteroatoms. The fraction of sp³-hybridized carbons (Fsp3) is 0.333. The molecule has 2 rings (SSSR count). The number of nitrogens with zero attached hydrogens (tertiary/aromatic N) is 2. The van der Waals surface area contributed by atoms with Crippen LogP contribution >= 0.6 is 0 Å². The molecule has 1 aromatic carbocycles. The molecule has 0 radical (unpaired) electrons. The van der Waals surface area contributed by atoms with Gasteiger partial charge >= 0.3 is 0 Å². The first-order chi connectivity index (χ1) is 9.65. The number of anilines is 1. The molecule has 0 fully saturated rings. The third-order valence-electron chi connectivity index (χ3n) is 3.48. The summed E-state index contributed by atoms with van der Waals surface area (Å²) in [7, 11) is 0. The van der Waals surface area contributed by atoms with Gasteiger partial charge in [-0.2, -0.15) is 0 Å². The Kier molecular flexibility index (Phi) is 4.63. The first kappa shape index (κ1) is 14.4. The lowest BCUT2D eigenvalue weighted by Gasteiger charge is -2.20. The highest BCUT2D eigenvalue weighted by Crippen LogP contribution is 2.26. The van der Waals surface area contributed by atoms with Gasteiger partial charge in [0.1, 0.15) is 6.67 Å². The Morgan fingerprint density at radius 1 is 1.10 bits per heavy atom. The third kappa shape index (κ3) is 3.11. The molecule has 2 unspecified atom stereocenters. The lowest BCUT2D eigenvalue weighted by Crippen LogP contribution is -2.30. The number of rotatable bonds is 5. The van der Waals surface area contributed by atoms with Gasteiger partial charge in [-0.3, -0.25) is 0 Å². The van der Waals surface area contributed by atoms with Crippen LogP contribution in [0.25, 0.3) is 11.1 Å². The molecule has 20 heavy (non-hydrogen) atoms. The van der Waals surface area contributed by atoms with Gasteiger partial charge in [-0.1, -0.05) is 31.2 Å². The smallest absolute Gasteiger partial charge is 0.219 e. The molecule has 0 saturated heterocycles. The van der Waals surface area contributed by atoms with Crippen LogP contribution in [0.15, 0.2) is 36.7 Å². The molecule has 4 nitrogen and oxygen atoms in total. The highest BCUT2D eigenvalue weighted by atomic mass is 19.1. The SMILES string of the molecule is CCC(c1ccc(-c2cnc(N)nc2)cc1)C(N)CF. The van der Waals surface area contributed by atoms with Crippen molar-refractivity contribution in [2.24, 2.45) is 5.73 Å². The predicted octanol–water partition coefficient (Wildman–Crippen LogP) is 2.52. The fourth-order valence-corrected chi connectivity index (χ4v) is 2.30. The van der Waals surface area contributed by atoms with Crippen molar-refractivity contribution in [2.45, 2.75) is 25.3 Å². The van der Waals surface area contributed by atoms with Gasteiger partial charge in [-0.15, -0.1) is 0 Å². The average Bonchev–Trinajstić information content (AvgIpc) is 2.49. The Morgan fingerprint density at radius 3 is 2.20 bits per heavy atom. The van der Waals surface area contributed by atoms with Crippen LogP contribution < -0.4 is 11.5 Å². The van der Waals surface area contributed by atoms with Gasteiger partial charge in [0.25, 0.3) is 0 Å². The summed E-state index contributed by atoms with van der Waals surface area (Å²) in [6.07, 6.45) is 4.18. The lowest BCUT2D eigenvalue weighted by molar-refractivity contribution is 0.380. The standard InChI is InChI=1S/C15H19FN4/c1-2-13(14(17)7-16)11-5-3-10(4-6-11)12-8-19-15(18)20-9-12/h3-6,8-9,13-14H,2,7,17H2,1H3,(H2,18,19,20). The number of hydrogen-bond acceptors (Lipinski definition) is 4. The van der Waals surface area contributed by atoms with E-state index in [0.29, 0.717) is 0 Å². The molecule has 0 aliphatic carbocycles. The normalized spacial score (nSPS) is 13.9. The highest BCUT2D eigenvalue weighted by Gasteiger charge is 2.17. The van der Waals surface area contributed by atoms with Crippen molar-refractivity contribution in [3.8, 4) is 11.1 Å². The van der Waals surface area contributed by atoms with E-state index in [0.717, 1.165) is 23.1 Å². The van der Waals surface area contributed by atoms with E-state index in [1.807, 2.05) is 31.2 Å². The molecule has 1 heterocycles. The van der Waals surface area contributed by atoms with Crippen molar-refractivity contribution in [1.29, 1.82) is 0 Å². The largest absolute Gasteiger partial charge is 0.368 e. The fourth-order valence-electron chi connectivity index (χ4n) is 2.30. The molecule has 0 spiro atoms. The van der Waals surface area contributed by atoms with Crippen molar-refractivity contribution in [3.63, 3.8) is 0 Å². The van der Waals surface area contributed by atoms with Gasteiger partial charge < -0.3 is 11.5 Å². The molecule has 106 valence electrons. The number of hydrogen-bond donors (Lipinski definition) is 2. The molecule has 2 atom stereocenters. The minimum absolute atomic E-state index is 0.0386. The van der Waals surface area contributed by atoms with Gasteiger partial charge in [0.05, 0.1) is 0 Å². The minimum Gasteiger partial charge on any atom is -0.368 e. The summed E-state index contributed by atoms with van der Waals surface area (Å²) in [5, 5.41) is 0. The average molecular weight is 274 g/mol. The molecular weight excluding hydrogens is 255 g/mol. The lowest BCUT2D eigenvalue weighted by atomic mass is 9.89. The molecular formula is C15H19FN4. The number of halogens is 1. The van der Waals surface area contributed by atoms with E-state index >= 15 is 0 Å². The van der Waals surface area contributed by atoms with Crippen LogP contribution in [0.4, 0.5) is 10.3 Å². The Balaban J connectivity index is 2.23. The quantitative estimate of drug-likeness (QED) is 0.878. The molecule has 0 aliphatic rings. The Morgan fingerprint density at radius 2 is 1.70 bits per heavy atom. The van der Waals surface area contributed by atoms with Crippen LogP contribution in [-0.4, -0.2) is 22.7 Å². The van der Waals surface area contributed by atoms with Crippen molar-refractivity contribution >= 4 is 5.95 Å². The summed E-state index contributed by atoms with van der Waals surface area (Å²) < 4.78 is 12.7. The molecule has 0 bridgehead atoms. The van der Waals surface area contributed by atoms with E-state index in [-0.39, 0.29) is 11.9 Å². The number of alkyl halides is 1. The van der Waals surface area contributed by atoms with Crippen LogP contribution in [0, 0.1) is 0 Å². The number of nitrogen functional groups attached to an aromatic ring is 1. The maximum atomic E-state index is 12.7. The molecule has 1 aromatic heterocycles. The number of nitrogens with two attached hydrogens (primary N) is 2. The van der Waals surface area contributed by atoms with Crippen LogP contribution in [0.1, 0.15) is 24.8 Å². The first-order valence-electron chi connectivity index (χ1n) is 6.65. The van der Waals surface area contributed by atoms with Gasteiger partial charge in [0, 0.05) is 29.9 Å². The van der Waals surface area contributed by atoms with Gasteiger partial charge in [-0.25, -0.2) is 14.4 Å². The predicted molar refractivity (Wildman–Crippen MR) is 78.9 cm³/mol. The van der Waals surface area contributed by atoms with E-state index in [1.54, 1.807) is 12.4 Å². The molecule has 0 saturated carbocycles. The van der Waals surface area contributed by atoms with Crippen LogP contribution in [-0.2, 0) is 0 Å². The summed E-state index contributed by atoms with van der Waals surface area (Å²) in [5.41, 5.74) is 14.2. The topological polar surface area (TPSA) is 77.8 Å². The molecule has 0 aliphatic heterocycles. The van der Waals surface area contributed by atoms with E-state index in [9.17, 15) is 4.39 Å². The zero-order valence-corrected chi connectivity index (χ0v) is 11.5. The highest BCUT2D eigenvalue weighted by molar-refractivity contribution is 5.62. The van der Waals surface area contributed by atoms with Crippen molar-refractivity contribution in [2.75, 3.05) is 12.4 Å². The van der Waals surface area contributed by atoms with E-state index in [1.165, 1.54) is 0 Å². The second kappa shape index (κ2) is 6.43. The Hall–Kier alpha value is -2.01. The van der Waals surface area contributed by atoms with Gasteiger partial charge in [0.2, 0.25) is 5.95 Å². The van der Waals surface area contributed by atoms with E-state index < -0.39 is 12.7 Å². The minimum atomic E-state index is -0.508. The zero-order valence-electron chi connectivity index (χ0n) is 11.5. The van der Waals surface area contributed by atoms with Crippen molar-refractivity contribution in [3.05, 3.63) is 42.2 Å². The summed E-state index contributed by atoms with van der Waals surface area (Å²) in [5.74, 6) is 0.294. The first-order valence-corrected chi connectivity index (χ1v) is 6.65. The summed E-state index contributed by atoms with van der Waals surface area (Å²) >= 11 is 0. The number of aromatic nitrogens is 2. The molecule has 0 amide bonds. The molecule has 4 N–H and O–H groups in total. The van der Waals surface area contributed by atoms with Crippen LogP contribution in [0.2, 0.25) is 0 Å². The second-order valence-corrected chi connectivity index (χ2v) is 4.78. The van der Waals surface area contributed by atoms with Crippen molar-refractivity contribution < 1.29 is 4.39 Å². The van der Waals surface area contributed by atoms with Gasteiger partial charge in [-0.05, 0) is 17.5 Å². The summed E-state index contributed by atoms with van der Waals surface area (Å²) in [6.45, 7) is 1.51. The zero-order chi connectivity index (χ0) is 14.5. The Labute approximate surface area is 118 Å². The Bertz CT molecular complexity index is 539.